The monoisotopic (exact) mass is 379 g/mol. The first-order valence-corrected chi connectivity index (χ1v) is 10.5. The van der Waals surface area contributed by atoms with Crippen molar-refractivity contribution in [3.05, 3.63) is 18.6 Å². The normalized spacial score (nSPS) is 25.7. The number of sulfonamides is 1. The Balaban J connectivity index is 1.35. The van der Waals surface area contributed by atoms with Gasteiger partial charge >= 0.3 is 0 Å². The molecular weight excluding hydrogens is 354 g/mol. The van der Waals surface area contributed by atoms with Crippen LogP contribution >= 0.6 is 0 Å². The molecule has 0 bridgehead atoms. The smallest absolute Gasteiger partial charge is 0.214 e. The van der Waals surface area contributed by atoms with E-state index in [2.05, 4.69) is 19.9 Å². The van der Waals surface area contributed by atoms with Crippen LogP contribution in [-0.4, -0.2) is 72.3 Å². The number of anilines is 1. The number of fused-ring (bicyclic) bond motifs is 1. The summed E-state index contributed by atoms with van der Waals surface area (Å²) in [5.74, 6) is 1.31. The van der Waals surface area contributed by atoms with Crippen LogP contribution in [0.4, 0.5) is 5.82 Å². The molecule has 1 aliphatic carbocycles. The van der Waals surface area contributed by atoms with Crippen LogP contribution in [0.25, 0.3) is 11.0 Å². The van der Waals surface area contributed by atoms with Gasteiger partial charge in [0.15, 0.2) is 0 Å². The molecule has 26 heavy (non-hydrogen) atoms. The minimum absolute atomic E-state index is 0.199. The molecule has 142 valence electrons. The number of methoxy groups -OCH3 is 1. The summed E-state index contributed by atoms with van der Waals surface area (Å²) in [7, 11) is 0.447. The molecule has 1 saturated heterocycles. The number of ether oxygens (including phenoxy) is 1. The van der Waals surface area contributed by atoms with Crippen molar-refractivity contribution in [2.24, 2.45) is 5.92 Å². The van der Waals surface area contributed by atoms with Gasteiger partial charge in [0, 0.05) is 39.5 Å². The average Bonchev–Trinajstić information content (AvgIpc) is 3.02. The quantitative estimate of drug-likeness (QED) is 0.812. The van der Waals surface area contributed by atoms with Crippen molar-refractivity contribution in [2.75, 3.05) is 37.9 Å². The molecule has 8 nitrogen and oxygen atoms in total. The summed E-state index contributed by atoms with van der Waals surface area (Å²) in [5.41, 5.74) is 0.490. The van der Waals surface area contributed by atoms with Crippen LogP contribution < -0.4 is 4.90 Å². The Labute approximate surface area is 153 Å². The van der Waals surface area contributed by atoms with E-state index in [1.165, 1.54) is 0 Å². The molecule has 1 N–H and O–H groups in total. The minimum atomic E-state index is -3.20. The summed E-state index contributed by atoms with van der Waals surface area (Å²) in [6, 6.07) is 2.28. The van der Waals surface area contributed by atoms with E-state index in [9.17, 15) is 8.42 Å². The van der Waals surface area contributed by atoms with E-state index in [4.69, 9.17) is 4.74 Å². The van der Waals surface area contributed by atoms with Crippen molar-refractivity contribution in [2.45, 2.75) is 31.4 Å². The largest absolute Gasteiger partial charge is 0.376 e. The van der Waals surface area contributed by atoms with Gasteiger partial charge in [-0.05, 0) is 31.7 Å². The van der Waals surface area contributed by atoms with Crippen molar-refractivity contribution >= 4 is 26.9 Å². The molecule has 2 aromatic rings. The standard InChI is InChI=1S/C17H25N5O3S/c1-17(25-3)9-22(10-17)26(23,24)8-12-6-13(7-12)21(2)16-14-4-5-18-15(14)19-11-20-16/h4-5,11-13H,6-10H2,1-3H3,(H,18,19,20)/t12-,13+. The molecule has 1 saturated carbocycles. The summed E-state index contributed by atoms with van der Waals surface area (Å²) < 4.78 is 32.0. The minimum Gasteiger partial charge on any atom is -0.376 e. The maximum absolute atomic E-state index is 12.5. The third kappa shape index (κ3) is 2.97. The lowest BCUT2D eigenvalue weighted by Gasteiger charge is -2.47. The fourth-order valence-electron chi connectivity index (χ4n) is 3.89. The lowest BCUT2D eigenvalue weighted by molar-refractivity contribution is -0.0770. The highest BCUT2D eigenvalue weighted by Crippen LogP contribution is 2.37. The molecule has 0 radical (unpaired) electrons. The van der Waals surface area contributed by atoms with Crippen molar-refractivity contribution in [3.8, 4) is 0 Å². The molecule has 3 heterocycles. The van der Waals surface area contributed by atoms with Gasteiger partial charge in [-0.15, -0.1) is 0 Å². The van der Waals surface area contributed by atoms with Crippen LogP contribution in [0.5, 0.6) is 0 Å². The van der Waals surface area contributed by atoms with Crippen molar-refractivity contribution in [3.63, 3.8) is 0 Å². The number of H-pyrrole nitrogens is 1. The molecule has 2 aromatic heterocycles. The van der Waals surface area contributed by atoms with Gasteiger partial charge in [-0.25, -0.2) is 18.4 Å². The fourth-order valence-corrected chi connectivity index (χ4v) is 5.91. The number of nitrogens with zero attached hydrogens (tertiary/aromatic N) is 4. The molecule has 0 unspecified atom stereocenters. The summed E-state index contributed by atoms with van der Waals surface area (Å²) in [6.45, 7) is 2.85. The first-order valence-electron chi connectivity index (χ1n) is 8.85. The van der Waals surface area contributed by atoms with Gasteiger partial charge in [0.1, 0.15) is 17.8 Å². The molecule has 2 fully saturated rings. The Morgan fingerprint density at radius 3 is 2.81 bits per heavy atom. The number of hydrogen-bond donors (Lipinski definition) is 1. The summed E-state index contributed by atoms with van der Waals surface area (Å²) in [5, 5.41) is 0.991. The lowest BCUT2D eigenvalue weighted by Crippen LogP contribution is -2.63. The third-order valence-electron chi connectivity index (χ3n) is 5.78. The van der Waals surface area contributed by atoms with E-state index < -0.39 is 10.0 Å². The van der Waals surface area contributed by atoms with E-state index in [0.29, 0.717) is 19.1 Å². The predicted molar refractivity (Wildman–Crippen MR) is 99.6 cm³/mol. The number of aromatic nitrogens is 3. The number of nitrogens with one attached hydrogen (secondary N) is 1. The van der Waals surface area contributed by atoms with Crippen molar-refractivity contribution in [1.82, 2.24) is 19.3 Å². The van der Waals surface area contributed by atoms with Gasteiger partial charge in [-0.1, -0.05) is 0 Å². The highest BCUT2D eigenvalue weighted by molar-refractivity contribution is 7.89. The van der Waals surface area contributed by atoms with Gasteiger partial charge in [-0.2, -0.15) is 4.31 Å². The van der Waals surface area contributed by atoms with Crippen LogP contribution in [0.15, 0.2) is 18.6 Å². The molecule has 0 spiro atoms. The summed E-state index contributed by atoms with van der Waals surface area (Å²) >= 11 is 0. The Kier molecular flexibility index (Phi) is 4.20. The molecule has 9 heteroatoms. The maximum Gasteiger partial charge on any atom is 0.214 e. The van der Waals surface area contributed by atoms with Crippen LogP contribution in [0.3, 0.4) is 0 Å². The van der Waals surface area contributed by atoms with E-state index in [-0.39, 0.29) is 17.3 Å². The van der Waals surface area contributed by atoms with Crippen LogP contribution in [0, 0.1) is 5.92 Å². The fraction of sp³-hybridized carbons (Fsp3) is 0.647. The Morgan fingerprint density at radius 2 is 2.12 bits per heavy atom. The first kappa shape index (κ1) is 17.7. The van der Waals surface area contributed by atoms with E-state index in [1.54, 1.807) is 17.7 Å². The Bertz CT molecular complexity index is 900. The third-order valence-corrected chi connectivity index (χ3v) is 7.72. The van der Waals surface area contributed by atoms with E-state index >= 15 is 0 Å². The predicted octanol–water partition coefficient (Wildman–Crippen LogP) is 1.22. The van der Waals surface area contributed by atoms with Gasteiger partial charge in [0.2, 0.25) is 10.0 Å². The zero-order valence-corrected chi connectivity index (χ0v) is 16.2. The summed E-state index contributed by atoms with van der Waals surface area (Å²) in [6.07, 6.45) is 5.14. The maximum atomic E-state index is 12.5. The van der Waals surface area contributed by atoms with Gasteiger partial charge in [0.25, 0.3) is 0 Å². The second-order valence-electron chi connectivity index (χ2n) is 7.74. The van der Waals surface area contributed by atoms with Crippen molar-refractivity contribution < 1.29 is 13.2 Å². The second kappa shape index (κ2) is 6.17. The van der Waals surface area contributed by atoms with Gasteiger partial charge in [-0.3, -0.25) is 0 Å². The van der Waals surface area contributed by atoms with Gasteiger partial charge in [0.05, 0.1) is 16.7 Å². The summed E-state index contributed by atoms with van der Waals surface area (Å²) in [4.78, 5) is 13.9. The molecular formula is C17H25N5O3S. The number of hydrogen-bond acceptors (Lipinski definition) is 6. The molecule has 4 rings (SSSR count). The molecule has 2 aliphatic rings. The Morgan fingerprint density at radius 1 is 1.38 bits per heavy atom. The lowest BCUT2D eigenvalue weighted by atomic mass is 9.81. The molecule has 0 amide bonds. The van der Waals surface area contributed by atoms with Gasteiger partial charge < -0.3 is 14.6 Å². The van der Waals surface area contributed by atoms with E-state index in [0.717, 1.165) is 29.7 Å². The van der Waals surface area contributed by atoms with Crippen molar-refractivity contribution in [1.29, 1.82) is 0 Å². The zero-order valence-electron chi connectivity index (χ0n) is 15.3. The zero-order chi connectivity index (χ0) is 18.5. The van der Waals surface area contributed by atoms with E-state index in [1.807, 2.05) is 26.2 Å². The molecule has 1 aliphatic heterocycles. The molecule has 0 aromatic carbocycles. The van der Waals surface area contributed by atoms with Crippen LogP contribution in [-0.2, 0) is 14.8 Å². The number of aromatic amines is 1. The SMILES string of the molecule is COC1(C)CN(S(=O)(=O)C[C@H]2C[C@@H](N(C)c3ncnc4[nH]ccc34)C2)C1. The topological polar surface area (TPSA) is 91.4 Å². The Hall–Kier alpha value is -1.71. The number of rotatable bonds is 6. The van der Waals surface area contributed by atoms with Crippen LogP contribution in [0.2, 0.25) is 0 Å². The highest BCUT2D eigenvalue weighted by Gasteiger charge is 2.46. The highest BCUT2D eigenvalue weighted by atomic mass is 32.2. The second-order valence-corrected chi connectivity index (χ2v) is 9.75. The average molecular weight is 379 g/mol. The van der Waals surface area contributed by atoms with Crippen LogP contribution in [0.1, 0.15) is 19.8 Å². The first-order chi connectivity index (χ1) is 12.3. The molecule has 0 atom stereocenters.